The number of benzene rings is 3. The van der Waals surface area contributed by atoms with Crippen molar-refractivity contribution in [1.82, 2.24) is 0 Å². The van der Waals surface area contributed by atoms with Crippen LogP contribution in [-0.2, 0) is 20.0 Å². The first-order chi connectivity index (χ1) is 13.2. The van der Waals surface area contributed by atoms with Gasteiger partial charge in [-0.15, -0.1) is 0 Å². The summed E-state index contributed by atoms with van der Waals surface area (Å²) >= 11 is 0. The number of hydrogen-bond donors (Lipinski definition) is 2. The first-order valence-corrected chi connectivity index (χ1v) is 11.1. The van der Waals surface area contributed by atoms with Gasteiger partial charge >= 0.3 is 0 Å². The smallest absolute Gasteiger partial charge is 0.261 e. The summed E-state index contributed by atoms with van der Waals surface area (Å²) in [5, 5.41) is 0. The molecule has 0 radical (unpaired) electrons. The van der Waals surface area contributed by atoms with Gasteiger partial charge in [0.05, 0.1) is 9.79 Å². The fraction of sp³-hybridized carbons (Fsp3) is 0.0526. The second-order valence-electron chi connectivity index (χ2n) is 6.06. The van der Waals surface area contributed by atoms with Crippen molar-refractivity contribution in [3.8, 4) is 0 Å². The molecule has 0 unspecified atom stereocenters. The van der Waals surface area contributed by atoms with Crippen LogP contribution in [0, 0.1) is 12.7 Å². The second kappa shape index (κ2) is 7.61. The molecule has 0 bridgehead atoms. The average molecular weight is 420 g/mol. The highest BCUT2D eigenvalue weighted by molar-refractivity contribution is 7.93. The molecule has 9 heteroatoms. The Labute approximate surface area is 163 Å². The largest absolute Gasteiger partial charge is 0.280 e. The summed E-state index contributed by atoms with van der Waals surface area (Å²) in [4.78, 5) is 0.0443. The van der Waals surface area contributed by atoms with Crippen molar-refractivity contribution < 1.29 is 21.2 Å². The van der Waals surface area contributed by atoms with Crippen LogP contribution in [0.25, 0.3) is 0 Å². The van der Waals surface area contributed by atoms with E-state index >= 15 is 0 Å². The van der Waals surface area contributed by atoms with E-state index in [0.29, 0.717) is 0 Å². The minimum atomic E-state index is -3.89. The third-order valence-corrected chi connectivity index (χ3v) is 6.64. The highest BCUT2D eigenvalue weighted by atomic mass is 32.2. The first kappa shape index (κ1) is 19.8. The van der Waals surface area contributed by atoms with E-state index in [-0.39, 0.29) is 21.2 Å². The van der Waals surface area contributed by atoms with Gasteiger partial charge in [0, 0.05) is 11.4 Å². The average Bonchev–Trinajstić information content (AvgIpc) is 2.64. The van der Waals surface area contributed by atoms with Gasteiger partial charge in [0.25, 0.3) is 20.0 Å². The van der Waals surface area contributed by atoms with Gasteiger partial charge in [0.15, 0.2) is 0 Å². The summed E-state index contributed by atoms with van der Waals surface area (Å²) in [5.41, 5.74) is 1.37. The van der Waals surface area contributed by atoms with Gasteiger partial charge in [-0.1, -0.05) is 17.7 Å². The number of rotatable bonds is 6. The van der Waals surface area contributed by atoms with E-state index in [2.05, 4.69) is 9.44 Å². The van der Waals surface area contributed by atoms with Gasteiger partial charge in [0.2, 0.25) is 0 Å². The SMILES string of the molecule is Cc1ccc(S(=O)(=O)Nc2ccc(S(=O)(=O)Nc3ccc(F)cc3)cc2)cc1. The molecule has 0 aliphatic heterocycles. The van der Waals surface area contributed by atoms with Gasteiger partial charge in [-0.2, -0.15) is 0 Å². The highest BCUT2D eigenvalue weighted by Crippen LogP contribution is 2.21. The molecule has 0 aliphatic rings. The van der Waals surface area contributed by atoms with E-state index < -0.39 is 25.9 Å². The zero-order valence-corrected chi connectivity index (χ0v) is 16.4. The Hall–Kier alpha value is -2.91. The normalized spacial score (nSPS) is 11.8. The minimum absolute atomic E-state index is 0.0601. The summed E-state index contributed by atoms with van der Waals surface area (Å²) in [5.74, 6) is -0.479. The first-order valence-electron chi connectivity index (χ1n) is 8.14. The van der Waals surface area contributed by atoms with Crippen molar-refractivity contribution in [2.24, 2.45) is 0 Å². The fourth-order valence-corrected chi connectivity index (χ4v) is 4.48. The van der Waals surface area contributed by atoms with Crippen molar-refractivity contribution >= 4 is 31.4 Å². The Morgan fingerprint density at radius 2 is 0.964 bits per heavy atom. The number of halogens is 1. The van der Waals surface area contributed by atoms with Crippen LogP contribution in [0.5, 0.6) is 0 Å². The molecule has 28 heavy (non-hydrogen) atoms. The summed E-state index contributed by atoms with van der Waals surface area (Å²) in [6, 6.07) is 16.5. The third kappa shape index (κ3) is 4.68. The zero-order chi connectivity index (χ0) is 20.4. The topological polar surface area (TPSA) is 92.3 Å². The molecule has 0 aliphatic carbocycles. The molecule has 6 nitrogen and oxygen atoms in total. The van der Waals surface area contributed by atoms with Crippen LogP contribution in [0.3, 0.4) is 0 Å². The molecule has 3 rings (SSSR count). The van der Waals surface area contributed by atoms with Crippen LogP contribution in [0.1, 0.15) is 5.56 Å². The highest BCUT2D eigenvalue weighted by Gasteiger charge is 2.17. The molecule has 0 atom stereocenters. The number of sulfonamides is 2. The lowest BCUT2D eigenvalue weighted by Crippen LogP contribution is -2.14. The number of anilines is 2. The van der Waals surface area contributed by atoms with Gasteiger partial charge in [-0.05, 0) is 67.6 Å². The number of nitrogens with one attached hydrogen (secondary N) is 2. The minimum Gasteiger partial charge on any atom is -0.280 e. The van der Waals surface area contributed by atoms with Gasteiger partial charge < -0.3 is 0 Å². The summed E-state index contributed by atoms with van der Waals surface area (Å²) in [7, 11) is -7.67. The van der Waals surface area contributed by atoms with Gasteiger partial charge in [-0.3, -0.25) is 9.44 Å². The predicted octanol–water partition coefficient (Wildman–Crippen LogP) is 3.74. The van der Waals surface area contributed by atoms with Crippen LogP contribution in [0.2, 0.25) is 0 Å². The standard InChI is InChI=1S/C19H17FN2O4S2/c1-14-2-10-18(11-3-14)27(23,24)22-17-8-12-19(13-9-17)28(25,26)21-16-6-4-15(20)5-7-16/h2-13,21-22H,1H3. The third-order valence-electron chi connectivity index (χ3n) is 3.84. The molecular formula is C19H17FN2O4S2. The second-order valence-corrected chi connectivity index (χ2v) is 9.42. The molecule has 0 aromatic heterocycles. The lowest BCUT2D eigenvalue weighted by atomic mass is 10.2. The van der Waals surface area contributed by atoms with Crippen molar-refractivity contribution in [2.45, 2.75) is 16.7 Å². The Morgan fingerprint density at radius 1 is 0.607 bits per heavy atom. The predicted molar refractivity (Wildman–Crippen MR) is 106 cm³/mol. The summed E-state index contributed by atoms with van der Waals surface area (Å²) in [6.07, 6.45) is 0. The monoisotopic (exact) mass is 420 g/mol. The van der Waals surface area contributed by atoms with E-state index in [1.165, 1.54) is 48.5 Å². The molecule has 3 aromatic carbocycles. The van der Waals surface area contributed by atoms with Crippen LogP contribution < -0.4 is 9.44 Å². The molecule has 0 heterocycles. The maximum Gasteiger partial charge on any atom is 0.261 e. The molecule has 146 valence electrons. The van der Waals surface area contributed by atoms with Gasteiger partial charge in [0.1, 0.15) is 5.82 Å². The molecule has 0 saturated heterocycles. The van der Waals surface area contributed by atoms with E-state index in [4.69, 9.17) is 0 Å². The molecule has 0 amide bonds. The van der Waals surface area contributed by atoms with Crippen LogP contribution in [0.4, 0.5) is 15.8 Å². The summed E-state index contributed by atoms with van der Waals surface area (Å²) < 4.78 is 67.2. The number of aryl methyl sites for hydroxylation is 1. The van der Waals surface area contributed by atoms with Crippen molar-refractivity contribution in [3.63, 3.8) is 0 Å². The molecule has 0 fully saturated rings. The van der Waals surface area contributed by atoms with Crippen LogP contribution >= 0.6 is 0 Å². The Bertz CT molecular complexity index is 1170. The van der Waals surface area contributed by atoms with E-state index in [9.17, 15) is 21.2 Å². The quantitative estimate of drug-likeness (QED) is 0.635. The molecule has 2 N–H and O–H groups in total. The van der Waals surface area contributed by atoms with Gasteiger partial charge in [-0.25, -0.2) is 21.2 Å². The Kier molecular flexibility index (Phi) is 5.39. The maximum atomic E-state index is 12.9. The summed E-state index contributed by atoms with van der Waals surface area (Å²) in [6.45, 7) is 1.85. The van der Waals surface area contributed by atoms with Crippen LogP contribution in [0.15, 0.2) is 82.6 Å². The zero-order valence-electron chi connectivity index (χ0n) is 14.8. The Morgan fingerprint density at radius 3 is 1.39 bits per heavy atom. The Balaban J connectivity index is 1.77. The lowest BCUT2D eigenvalue weighted by Gasteiger charge is -2.11. The fourth-order valence-electron chi connectivity index (χ4n) is 2.37. The maximum absolute atomic E-state index is 12.9. The van der Waals surface area contributed by atoms with E-state index in [0.717, 1.165) is 17.7 Å². The molecule has 0 spiro atoms. The molecule has 0 saturated carbocycles. The number of hydrogen-bond acceptors (Lipinski definition) is 4. The van der Waals surface area contributed by atoms with E-state index in [1.807, 2.05) is 6.92 Å². The van der Waals surface area contributed by atoms with Crippen LogP contribution in [-0.4, -0.2) is 16.8 Å². The van der Waals surface area contributed by atoms with Crippen molar-refractivity contribution in [1.29, 1.82) is 0 Å². The molecule has 3 aromatic rings. The van der Waals surface area contributed by atoms with Crippen molar-refractivity contribution in [2.75, 3.05) is 9.44 Å². The van der Waals surface area contributed by atoms with Crippen molar-refractivity contribution in [3.05, 3.63) is 84.2 Å². The van der Waals surface area contributed by atoms with E-state index in [1.54, 1.807) is 12.1 Å². The lowest BCUT2D eigenvalue weighted by molar-refractivity contribution is 0.600. The molecular weight excluding hydrogens is 403 g/mol.